The summed E-state index contributed by atoms with van der Waals surface area (Å²) in [5, 5.41) is 0.989. The Balaban J connectivity index is 2.18. The predicted octanol–water partition coefficient (Wildman–Crippen LogP) is 3.58. The third-order valence-corrected chi connectivity index (χ3v) is 3.29. The zero-order valence-corrected chi connectivity index (χ0v) is 10.7. The van der Waals surface area contributed by atoms with Crippen LogP contribution < -0.4 is 10.6 Å². The van der Waals surface area contributed by atoms with Crippen molar-refractivity contribution in [2.45, 2.75) is 0 Å². The van der Waals surface area contributed by atoms with E-state index in [9.17, 15) is 0 Å². The lowest BCUT2D eigenvalue weighted by atomic mass is 10.1. The summed E-state index contributed by atoms with van der Waals surface area (Å²) in [6.45, 7) is 0. The Morgan fingerprint density at radius 3 is 2.53 bits per heavy atom. The minimum Gasteiger partial charge on any atom is -0.398 e. The molecule has 19 heavy (non-hydrogen) atoms. The predicted molar refractivity (Wildman–Crippen MR) is 80.7 cm³/mol. The third kappa shape index (κ3) is 1.99. The molecule has 0 fully saturated rings. The second-order valence-corrected chi connectivity index (χ2v) is 4.47. The van der Waals surface area contributed by atoms with Gasteiger partial charge in [0.15, 0.2) is 0 Å². The van der Waals surface area contributed by atoms with Crippen LogP contribution in [-0.2, 0) is 0 Å². The summed E-state index contributed by atoms with van der Waals surface area (Å²) < 4.78 is 0. The molecule has 0 aliphatic heterocycles. The lowest BCUT2D eigenvalue weighted by Gasteiger charge is -2.21. The van der Waals surface area contributed by atoms with Crippen LogP contribution >= 0.6 is 0 Å². The second kappa shape index (κ2) is 4.61. The van der Waals surface area contributed by atoms with Crippen LogP contribution in [0.15, 0.2) is 60.8 Å². The molecule has 0 spiro atoms. The molecule has 0 saturated heterocycles. The van der Waals surface area contributed by atoms with Crippen molar-refractivity contribution in [3.05, 3.63) is 60.8 Å². The van der Waals surface area contributed by atoms with Crippen LogP contribution in [0, 0.1) is 0 Å². The topological polar surface area (TPSA) is 42.1 Å². The van der Waals surface area contributed by atoms with Crippen molar-refractivity contribution < 1.29 is 0 Å². The molecule has 2 aromatic carbocycles. The van der Waals surface area contributed by atoms with Crippen molar-refractivity contribution in [1.29, 1.82) is 0 Å². The summed E-state index contributed by atoms with van der Waals surface area (Å²) >= 11 is 0. The Bertz CT molecular complexity index is 708. The van der Waals surface area contributed by atoms with Gasteiger partial charge in [-0.1, -0.05) is 18.2 Å². The summed E-state index contributed by atoms with van der Waals surface area (Å²) in [4.78, 5) is 6.59. The van der Waals surface area contributed by atoms with E-state index in [1.165, 1.54) is 0 Å². The van der Waals surface area contributed by atoms with Gasteiger partial charge in [-0.15, -0.1) is 0 Å². The maximum absolute atomic E-state index is 6.01. The molecule has 94 valence electrons. The number of hydrogen-bond donors (Lipinski definition) is 1. The minimum absolute atomic E-state index is 0.758. The number of hydrogen-bond acceptors (Lipinski definition) is 3. The number of nitrogen functional groups attached to an aromatic ring is 1. The van der Waals surface area contributed by atoms with Gasteiger partial charge >= 0.3 is 0 Å². The van der Waals surface area contributed by atoms with Crippen molar-refractivity contribution in [3.63, 3.8) is 0 Å². The normalized spacial score (nSPS) is 10.6. The summed E-state index contributed by atoms with van der Waals surface area (Å²) in [6, 6.07) is 18.1. The van der Waals surface area contributed by atoms with E-state index in [2.05, 4.69) is 22.0 Å². The molecule has 3 nitrogen and oxygen atoms in total. The molecular formula is C16H15N3. The highest BCUT2D eigenvalue weighted by atomic mass is 15.1. The molecular weight excluding hydrogens is 234 g/mol. The quantitative estimate of drug-likeness (QED) is 0.706. The zero-order chi connectivity index (χ0) is 13.2. The molecule has 0 radical (unpaired) electrons. The van der Waals surface area contributed by atoms with E-state index in [1.54, 1.807) is 6.20 Å². The monoisotopic (exact) mass is 249 g/mol. The Morgan fingerprint density at radius 2 is 1.74 bits per heavy atom. The number of nitrogens with zero attached hydrogens (tertiary/aromatic N) is 2. The Morgan fingerprint density at radius 1 is 0.947 bits per heavy atom. The van der Waals surface area contributed by atoms with Crippen LogP contribution in [0.4, 0.5) is 17.1 Å². The van der Waals surface area contributed by atoms with Gasteiger partial charge in [0.25, 0.3) is 0 Å². The van der Waals surface area contributed by atoms with Gasteiger partial charge in [0, 0.05) is 30.0 Å². The largest absolute Gasteiger partial charge is 0.398 e. The van der Waals surface area contributed by atoms with E-state index in [0.29, 0.717) is 0 Å². The van der Waals surface area contributed by atoms with Gasteiger partial charge in [0.1, 0.15) is 0 Å². The molecule has 0 atom stereocenters. The average Bonchev–Trinajstić information content (AvgIpc) is 2.48. The van der Waals surface area contributed by atoms with E-state index in [0.717, 1.165) is 28.0 Å². The molecule has 0 bridgehead atoms. The molecule has 2 N–H and O–H groups in total. The number of fused-ring (bicyclic) bond motifs is 1. The first-order chi connectivity index (χ1) is 9.27. The molecule has 3 heteroatoms. The molecule has 0 saturated carbocycles. The third-order valence-electron chi connectivity index (χ3n) is 3.29. The first-order valence-corrected chi connectivity index (χ1v) is 6.19. The van der Waals surface area contributed by atoms with Gasteiger partial charge in [-0.25, -0.2) is 0 Å². The number of rotatable bonds is 2. The fourth-order valence-corrected chi connectivity index (χ4v) is 2.24. The number of benzene rings is 2. The van der Waals surface area contributed by atoms with Crippen LogP contribution in [0.25, 0.3) is 10.9 Å². The second-order valence-electron chi connectivity index (χ2n) is 4.47. The lowest BCUT2D eigenvalue weighted by molar-refractivity contribution is 1.21. The maximum Gasteiger partial charge on any atom is 0.0959 e. The average molecular weight is 249 g/mol. The van der Waals surface area contributed by atoms with Crippen molar-refractivity contribution in [3.8, 4) is 0 Å². The van der Waals surface area contributed by atoms with Crippen molar-refractivity contribution in [2.75, 3.05) is 17.7 Å². The Labute approximate surface area is 112 Å². The first kappa shape index (κ1) is 11.5. The van der Waals surface area contributed by atoms with E-state index in [-0.39, 0.29) is 0 Å². The molecule has 3 rings (SSSR count). The summed E-state index contributed by atoms with van der Waals surface area (Å²) in [5.41, 5.74) is 9.86. The van der Waals surface area contributed by atoms with Crippen LogP contribution in [0.2, 0.25) is 0 Å². The van der Waals surface area contributed by atoms with Crippen molar-refractivity contribution >= 4 is 28.0 Å². The summed E-state index contributed by atoms with van der Waals surface area (Å²) in [5.74, 6) is 0. The molecule has 0 unspecified atom stereocenters. The molecule has 0 aliphatic rings. The van der Waals surface area contributed by atoms with Gasteiger partial charge in [-0.05, 0) is 36.4 Å². The summed E-state index contributed by atoms with van der Waals surface area (Å²) in [7, 11) is 2.04. The number of nitrogens with two attached hydrogens (primary N) is 1. The number of anilines is 3. The minimum atomic E-state index is 0.758. The lowest BCUT2D eigenvalue weighted by Crippen LogP contribution is -2.10. The number of aromatic nitrogens is 1. The Kier molecular flexibility index (Phi) is 2.80. The van der Waals surface area contributed by atoms with Crippen LogP contribution in [-0.4, -0.2) is 12.0 Å². The van der Waals surface area contributed by atoms with E-state index in [1.807, 2.05) is 49.5 Å². The summed E-state index contributed by atoms with van der Waals surface area (Å²) in [6.07, 6.45) is 1.80. The van der Waals surface area contributed by atoms with Gasteiger partial charge in [0.2, 0.25) is 0 Å². The Hall–Kier alpha value is -2.55. The van der Waals surface area contributed by atoms with E-state index >= 15 is 0 Å². The highest BCUT2D eigenvalue weighted by Gasteiger charge is 2.10. The SMILES string of the molecule is CN(c1ccccc1)c1ccc(N)c2cccnc12. The number of para-hydroxylation sites is 1. The van der Waals surface area contributed by atoms with E-state index in [4.69, 9.17) is 5.73 Å². The van der Waals surface area contributed by atoms with E-state index < -0.39 is 0 Å². The van der Waals surface area contributed by atoms with Gasteiger partial charge in [-0.2, -0.15) is 0 Å². The highest BCUT2D eigenvalue weighted by molar-refractivity contribution is 5.99. The van der Waals surface area contributed by atoms with Crippen LogP contribution in [0.3, 0.4) is 0 Å². The van der Waals surface area contributed by atoms with Crippen molar-refractivity contribution in [1.82, 2.24) is 4.98 Å². The molecule has 0 amide bonds. The zero-order valence-electron chi connectivity index (χ0n) is 10.7. The maximum atomic E-state index is 6.01. The van der Waals surface area contributed by atoms with Crippen LogP contribution in [0.5, 0.6) is 0 Å². The van der Waals surface area contributed by atoms with Gasteiger partial charge in [-0.3, -0.25) is 4.98 Å². The highest BCUT2D eigenvalue weighted by Crippen LogP contribution is 2.32. The molecule has 0 aliphatic carbocycles. The molecule has 1 heterocycles. The first-order valence-electron chi connectivity index (χ1n) is 6.19. The smallest absolute Gasteiger partial charge is 0.0959 e. The fraction of sp³-hybridized carbons (Fsp3) is 0.0625. The standard InChI is InChI=1S/C16H15N3/c1-19(12-6-3-2-4-7-12)15-10-9-14(17)13-8-5-11-18-16(13)15/h2-11H,17H2,1H3. The van der Waals surface area contributed by atoms with Crippen molar-refractivity contribution in [2.24, 2.45) is 0 Å². The van der Waals surface area contributed by atoms with Crippen LogP contribution in [0.1, 0.15) is 0 Å². The molecule has 3 aromatic rings. The van der Waals surface area contributed by atoms with Gasteiger partial charge in [0.05, 0.1) is 11.2 Å². The van der Waals surface area contributed by atoms with Gasteiger partial charge < -0.3 is 10.6 Å². The fourth-order valence-electron chi connectivity index (χ4n) is 2.24. The molecule has 1 aromatic heterocycles. The number of pyridine rings is 1.